The quantitative estimate of drug-likeness (QED) is 0.946. The maximum Gasteiger partial charge on any atom is 0.337 e. The topological polar surface area (TPSA) is 42.2 Å². The van der Waals surface area contributed by atoms with Crippen LogP contribution in [0.3, 0.4) is 0 Å². The number of carboxylic acids is 1. The van der Waals surface area contributed by atoms with Crippen molar-refractivity contribution in [3.8, 4) is 0 Å². The Labute approximate surface area is 106 Å². The Hall–Kier alpha value is -1.62. The van der Waals surface area contributed by atoms with E-state index in [1.54, 1.807) is 16.8 Å². The average Bonchev–Trinajstić information content (AvgIpc) is 2.71. The highest BCUT2D eigenvalue weighted by atomic mass is 79.9. The molecule has 0 aliphatic carbocycles. The zero-order valence-corrected chi connectivity index (χ0v) is 10.3. The maximum absolute atomic E-state index is 12.9. The van der Waals surface area contributed by atoms with Crippen LogP contribution in [0.1, 0.15) is 15.9 Å². The van der Waals surface area contributed by atoms with E-state index < -0.39 is 5.97 Å². The van der Waals surface area contributed by atoms with Crippen molar-refractivity contribution in [1.82, 2.24) is 4.57 Å². The molecule has 0 saturated carbocycles. The van der Waals surface area contributed by atoms with Crippen molar-refractivity contribution >= 4 is 21.9 Å². The summed E-state index contributed by atoms with van der Waals surface area (Å²) in [6.07, 6.45) is 3.22. The third kappa shape index (κ3) is 2.74. The largest absolute Gasteiger partial charge is 0.478 e. The van der Waals surface area contributed by atoms with Crippen LogP contribution in [0.25, 0.3) is 0 Å². The maximum atomic E-state index is 12.9. The van der Waals surface area contributed by atoms with Gasteiger partial charge in [0.1, 0.15) is 5.82 Å². The molecule has 0 bridgehead atoms. The van der Waals surface area contributed by atoms with E-state index >= 15 is 0 Å². The molecule has 1 aromatic heterocycles. The van der Waals surface area contributed by atoms with Crippen LogP contribution in [0.2, 0.25) is 0 Å². The molecule has 0 fully saturated rings. The second kappa shape index (κ2) is 4.71. The molecule has 0 aliphatic heterocycles. The average molecular weight is 298 g/mol. The van der Waals surface area contributed by atoms with E-state index in [2.05, 4.69) is 15.9 Å². The Bertz CT molecular complexity index is 565. The molecule has 0 atom stereocenters. The Morgan fingerprint density at radius 2 is 2.18 bits per heavy atom. The molecule has 0 unspecified atom stereocenters. The van der Waals surface area contributed by atoms with Crippen molar-refractivity contribution in [2.24, 2.45) is 0 Å². The van der Waals surface area contributed by atoms with Crippen LogP contribution in [0, 0.1) is 5.82 Å². The zero-order chi connectivity index (χ0) is 12.4. The van der Waals surface area contributed by atoms with E-state index in [4.69, 9.17) is 5.11 Å². The molecule has 88 valence electrons. The molecular weight excluding hydrogens is 289 g/mol. The van der Waals surface area contributed by atoms with Gasteiger partial charge in [-0.3, -0.25) is 0 Å². The minimum absolute atomic E-state index is 0.239. The number of benzene rings is 1. The highest BCUT2D eigenvalue weighted by Crippen LogP contribution is 2.19. The van der Waals surface area contributed by atoms with Crippen LogP contribution in [0.15, 0.2) is 41.1 Å². The fourth-order valence-electron chi connectivity index (χ4n) is 1.51. The minimum Gasteiger partial charge on any atom is -0.478 e. The van der Waals surface area contributed by atoms with Gasteiger partial charge in [-0.2, -0.15) is 0 Å². The summed E-state index contributed by atoms with van der Waals surface area (Å²) in [6, 6.07) is 5.96. The number of carboxylic acid groups (broad SMARTS) is 1. The first-order chi connectivity index (χ1) is 8.06. The zero-order valence-electron chi connectivity index (χ0n) is 8.73. The van der Waals surface area contributed by atoms with Crippen LogP contribution < -0.4 is 0 Å². The third-order valence-electron chi connectivity index (χ3n) is 2.37. The van der Waals surface area contributed by atoms with Gasteiger partial charge >= 0.3 is 5.97 Å². The highest BCUT2D eigenvalue weighted by molar-refractivity contribution is 9.10. The van der Waals surface area contributed by atoms with Crippen molar-refractivity contribution < 1.29 is 14.3 Å². The molecule has 2 aromatic rings. The number of hydrogen-bond donors (Lipinski definition) is 1. The van der Waals surface area contributed by atoms with E-state index in [1.165, 1.54) is 24.4 Å². The molecular formula is C12H9BrFNO2. The van der Waals surface area contributed by atoms with Crippen LogP contribution in [-0.2, 0) is 6.54 Å². The van der Waals surface area contributed by atoms with Crippen molar-refractivity contribution in [2.75, 3.05) is 0 Å². The number of hydrogen-bond acceptors (Lipinski definition) is 1. The molecule has 0 radical (unpaired) electrons. The monoisotopic (exact) mass is 297 g/mol. The Balaban J connectivity index is 2.22. The molecule has 5 heteroatoms. The molecule has 1 heterocycles. The van der Waals surface area contributed by atoms with Crippen molar-refractivity contribution in [3.63, 3.8) is 0 Å². The molecule has 1 N–H and O–H groups in total. The van der Waals surface area contributed by atoms with E-state index in [-0.39, 0.29) is 11.4 Å². The lowest BCUT2D eigenvalue weighted by Gasteiger charge is -2.05. The van der Waals surface area contributed by atoms with Gasteiger partial charge < -0.3 is 9.67 Å². The molecule has 0 amide bonds. The van der Waals surface area contributed by atoms with Gasteiger partial charge in [-0.25, -0.2) is 9.18 Å². The second-order valence-corrected chi connectivity index (χ2v) is 4.47. The third-order valence-corrected chi connectivity index (χ3v) is 3.10. The predicted molar refractivity (Wildman–Crippen MR) is 64.6 cm³/mol. The fraction of sp³-hybridized carbons (Fsp3) is 0.0833. The number of halogens is 2. The first kappa shape index (κ1) is 11.9. The minimum atomic E-state index is -0.957. The van der Waals surface area contributed by atoms with Gasteiger partial charge in [0.05, 0.1) is 5.56 Å². The Kier molecular flexibility index (Phi) is 3.28. The summed E-state index contributed by atoms with van der Waals surface area (Å²) >= 11 is 3.27. The molecule has 0 saturated heterocycles. The van der Waals surface area contributed by atoms with Crippen LogP contribution in [0.5, 0.6) is 0 Å². The first-order valence-electron chi connectivity index (χ1n) is 4.89. The summed E-state index contributed by atoms with van der Waals surface area (Å²) in [4.78, 5) is 10.7. The molecule has 3 nitrogen and oxygen atoms in total. The number of nitrogens with zero attached hydrogens (tertiary/aromatic N) is 1. The van der Waals surface area contributed by atoms with Gasteiger partial charge in [0.15, 0.2) is 0 Å². The summed E-state index contributed by atoms with van der Waals surface area (Å²) in [6.45, 7) is 0.494. The lowest BCUT2D eigenvalue weighted by atomic mass is 10.2. The number of carbonyl (C=O) groups is 1. The van der Waals surface area contributed by atoms with Crippen LogP contribution in [0.4, 0.5) is 4.39 Å². The lowest BCUT2D eigenvalue weighted by molar-refractivity contribution is 0.0697. The second-order valence-electron chi connectivity index (χ2n) is 3.61. The summed E-state index contributed by atoms with van der Waals surface area (Å²) in [5.41, 5.74) is 1.13. The lowest BCUT2D eigenvalue weighted by Crippen LogP contribution is -1.99. The molecule has 17 heavy (non-hydrogen) atoms. The van der Waals surface area contributed by atoms with Gasteiger partial charge in [0.2, 0.25) is 0 Å². The number of aromatic nitrogens is 1. The van der Waals surface area contributed by atoms with Crippen LogP contribution in [-0.4, -0.2) is 15.6 Å². The van der Waals surface area contributed by atoms with Crippen molar-refractivity contribution in [1.29, 1.82) is 0 Å². The molecule has 1 aromatic carbocycles. The van der Waals surface area contributed by atoms with Gasteiger partial charge in [0, 0.05) is 23.4 Å². The first-order valence-corrected chi connectivity index (χ1v) is 5.68. The summed E-state index contributed by atoms with van der Waals surface area (Å²) in [7, 11) is 0. The molecule has 2 rings (SSSR count). The Morgan fingerprint density at radius 3 is 2.76 bits per heavy atom. The summed E-state index contributed by atoms with van der Waals surface area (Å²) < 4.78 is 15.3. The van der Waals surface area contributed by atoms with E-state index in [1.807, 2.05) is 0 Å². The van der Waals surface area contributed by atoms with Crippen molar-refractivity contribution in [3.05, 3.63) is 58.1 Å². The summed E-state index contributed by atoms with van der Waals surface area (Å²) in [5.74, 6) is -1.26. The number of rotatable bonds is 3. The standard InChI is InChI=1S/C12H9BrFNO2/c13-11-5-10(14)2-1-8(11)6-15-4-3-9(7-15)12(16)17/h1-5,7H,6H2,(H,16,17). The number of aromatic carboxylic acids is 1. The van der Waals surface area contributed by atoms with Gasteiger partial charge in [-0.15, -0.1) is 0 Å². The van der Waals surface area contributed by atoms with Crippen LogP contribution >= 0.6 is 15.9 Å². The van der Waals surface area contributed by atoms with Gasteiger partial charge in [-0.1, -0.05) is 22.0 Å². The Morgan fingerprint density at radius 1 is 1.41 bits per heavy atom. The predicted octanol–water partition coefficient (Wildman–Crippen LogP) is 3.14. The van der Waals surface area contributed by atoms with Gasteiger partial charge in [-0.05, 0) is 23.8 Å². The molecule has 0 aliphatic rings. The normalized spacial score (nSPS) is 10.5. The molecule has 0 spiro atoms. The van der Waals surface area contributed by atoms with E-state index in [0.717, 1.165) is 5.56 Å². The smallest absolute Gasteiger partial charge is 0.337 e. The van der Waals surface area contributed by atoms with E-state index in [0.29, 0.717) is 11.0 Å². The SMILES string of the molecule is O=C(O)c1ccn(Cc2ccc(F)cc2Br)c1. The van der Waals surface area contributed by atoms with Gasteiger partial charge in [0.25, 0.3) is 0 Å². The highest BCUT2D eigenvalue weighted by Gasteiger charge is 2.06. The fourth-order valence-corrected chi connectivity index (χ4v) is 1.99. The van der Waals surface area contributed by atoms with Crippen molar-refractivity contribution in [2.45, 2.75) is 6.54 Å². The van der Waals surface area contributed by atoms with E-state index in [9.17, 15) is 9.18 Å². The summed E-state index contributed by atoms with van der Waals surface area (Å²) in [5, 5.41) is 8.78.